The van der Waals surface area contributed by atoms with Gasteiger partial charge < -0.3 is 0 Å². The van der Waals surface area contributed by atoms with Gasteiger partial charge in [0.05, 0.1) is 22.3 Å². The summed E-state index contributed by atoms with van der Waals surface area (Å²) in [7, 11) is 0. The van der Waals surface area contributed by atoms with Crippen molar-refractivity contribution in [2.75, 3.05) is 0 Å². The van der Waals surface area contributed by atoms with E-state index in [1.54, 1.807) is 18.3 Å². The topological polar surface area (TPSA) is 68.9 Å². The molecule has 0 aliphatic carbocycles. The van der Waals surface area contributed by atoms with Crippen molar-refractivity contribution in [3.05, 3.63) is 64.8 Å². The van der Waals surface area contributed by atoms with Crippen LogP contribution in [0.1, 0.15) is 0 Å². The largest absolute Gasteiger partial charge is 0.297 e. The van der Waals surface area contributed by atoms with E-state index in [1.165, 1.54) is 6.07 Å². The third-order valence-corrected chi connectivity index (χ3v) is 2.82. The van der Waals surface area contributed by atoms with Crippen LogP contribution in [0, 0.1) is 10.1 Å². The summed E-state index contributed by atoms with van der Waals surface area (Å²) in [6.07, 6.45) is 1.56. The van der Waals surface area contributed by atoms with Crippen LogP contribution in [-0.2, 0) is 0 Å². The number of nitro benzene ring substituents is 1. The number of non-ortho nitro benzene ring substituents is 1. The molecular formula is C14H9N3O2. The summed E-state index contributed by atoms with van der Waals surface area (Å²) in [5.41, 5.74) is 2.45. The molecule has 0 unspecified atom stereocenters. The predicted octanol–water partition coefficient (Wildman–Crippen LogP) is 3.21. The second-order valence-corrected chi connectivity index (χ2v) is 4.02. The fraction of sp³-hybridized carbons (Fsp3) is 0. The molecule has 2 aromatic carbocycles. The average molecular weight is 251 g/mol. The molecule has 1 aromatic heterocycles. The summed E-state index contributed by atoms with van der Waals surface area (Å²) in [6.45, 7) is 0. The molecule has 0 aliphatic heterocycles. The molecule has 5 heteroatoms. The van der Waals surface area contributed by atoms with Crippen molar-refractivity contribution in [3.8, 4) is 11.3 Å². The zero-order valence-electron chi connectivity index (χ0n) is 9.85. The zero-order valence-corrected chi connectivity index (χ0v) is 9.85. The Morgan fingerprint density at radius 2 is 1.79 bits per heavy atom. The van der Waals surface area contributed by atoms with Crippen LogP contribution >= 0.6 is 0 Å². The van der Waals surface area contributed by atoms with Gasteiger partial charge in [-0.15, -0.1) is 0 Å². The smallest absolute Gasteiger partial charge is 0.258 e. The highest BCUT2D eigenvalue weighted by Gasteiger charge is 2.13. The van der Waals surface area contributed by atoms with Crippen molar-refractivity contribution in [1.29, 1.82) is 0 Å². The molecule has 0 radical (unpaired) electrons. The van der Waals surface area contributed by atoms with E-state index in [9.17, 15) is 10.1 Å². The van der Waals surface area contributed by atoms with Gasteiger partial charge in [0.25, 0.3) is 5.69 Å². The molecule has 3 rings (SSSR count). The SMILES string of the molecule is O=[N+]([O-])c1cccc2nc(-c3ccccc3)cnc12. The molecule has 5 nitrogen and oxygen atoms in total. The standard InChI is InChI=1S/C14H9N3O2/c18-17(19)13-8-4-7-11-14(13)15-9-12(16-11)10-5-2-1-3-6-10/h1-9H. The number of nitro groups is 1. The van der Waals surface area contributed by atoms with Crippen LogP contribution in [0.5, 0.6) is 0 Å². The Hall–Kier alpha value is -2.82. The molecule has 0 N–H and O–H groups in total. The van der Waals surface area contributed by atoms with Crippen LogP contribution in [0.4, 0.5) is 5.69 Å². The summed E-state index contributed by atoms with van der Waals surface area (Å²) < 4.78 is 0. The van der Waals surface area contributed by atoms with Gasteiger partial charge in [-0.25, -0.2) is 9.97 Å². The zero-order chi connectivity index (χ0) is 13.2. The van der Waals surface area contributed by atoms with E-state index in [-0.39, 0.29) is 5.69 Å². The van der Waals surface area contributed by atoms with Gasteiger partial charge in [-0.1, -0.05) is 36.4 Å². The summed E-state index contributed by atoms with van der Waals surface area (Å²) in [4.78, 5) is 19.1. The Morgan fingerprint density at radius 3 is 2.53 bits per heavy atom. The number of nitrogens with zero attached hydrogens (tertiary/aromatic N) is 3. The Balaban J connectivity index is 2.20. The van der Waals surface area contributed by atoms with E-state index in [0.717, 1.165) is 5.56 Å². The normalized spacial score (nSPS) is 10.5. The third-order valence-electron chi connectivity index (χ3n) is 2.82. The summed E-state index contributed by atoms with van der Waals surface area (Å²) >= 11 is 0. The number of hydrogen-bond donors (Lipinski definition) is 0. The molecule has 92 valence electrons. The number of hydrogen-bond acceptors (Lipinski definition) is 4. The molecule has 0 saturated heterocycles. The fourth-order valence-corrected chi connectivity index (χ4v) is 1.92. The Kier molecular flexibility index (Phi) is 2.64. The van der Waals surface area contributed by atoms with E-state index in [0.29, 0.717) is 16.7 Å². The quantitative estimate of drug-likeness (QED) is 0.518. The number of rotatable bonds is 2. The number of fused-ring (bicyclic) bond motifs is 1. The molecule has 3 aromatic rings. The van der Waals surface area contributed by atoms with Crippen LogP contribution in [0.15, 0.2) is 54.7 Å². The minimum absolute atomic E-state index is 0.0235. The molecule has 0 fully saturated rings. The average Bonchev–Trinajstić information content (AvgIpc) is 2.47. The molecule has 0 atom stereocenters. The van der Waals surface area contributed by atoms with Gasteiger partial charge in [0, 0.05) is 11.6 Å². The lowest BCUT2D eigenvalue weighted by Gasteiger charge is -2.02. The maximum atomic E-state index is 10.9. The van der Waals surface area contributed by atoms with Gasteiger partial charge in [-0.2, -0.15) is 0 Å². The van der Waals surface area contributed by atoms with Crippen molar-refractivity contribution in [2.24, 2.45) is 0 Å². The van der Waals surface area contributed by atoms with Crippen molar-refractivity contribution >= 4 is 16.7 Å². The van der Waals surface area contributed by atoms with Crippen molar-refractivity contribution < 1.29 is 4.92 Å². The first-order valence-electron chi connectivity index (χ1n) is 5.71. The van der Waals surface area contributed by atoms with Gasteiger partial charge in [0.2, 0.25) is 0 Å². The van der Waals surface area contributed by atoms with Crippen LogP contribution in [0.25, 0.3) is 22.3 Å². The Morgan fingerprint density at radius 1 is 1.00 bits per heavy atom. The highest BCUT2D eigenvalue weighted by Crippen LogP contribution is 2.24. The van der Waals surface area contributed by atoms with E-state index in [4.69, 9.17) is 0 Å². The highest BCUT2D eigenvalue weighted by molar-refractivity contribution is 5.85. The van der Waals surface area contributed by atoms with E-state index >= 15 is 0 Å². The number of benzene rings is 2. The first-order valence-corrected chi connectivity index (χ1v) is 5.71. The van der Waals surface area contributed by atoms with Gasteiger partial charge in [0.1, 0.15) is 0 Å². The van der Waals surface area contributed by atoms with Crippen LogP contribution in [-0.4, -0.2) is 14.9 Å². The first-order chi connectivity index (χ1) is 9.25. The number of aromatic nitrogens is 2. The van der Waals surface area contributed by atoms with Gasteiger partial charge >= 0.3 is 0 Å². The van der Waals surface area contributed by atoms with Gasteiger partial charge in [0.15, 0.2) is 5.52 Å². The van der Waals surface area contributed by atoms with E-state index < -0.39 is 4.92 Å². The Bertz CT molecular complexity index is 757. The Labute approximate surface area is 108 Å². The predicted molar refractivity (Wildman–Crippen MR) is 71.6 cm³/mol. The summed E-state index contributed by atoms with van der Waals surface area (Å²) in [5, 5.41) is 10.9. The lowest BCUT2D eigenvalue weighted by atomic mass is 10.1. The number of para-hydroxylation sites is 1. The minimum atomic E-state index is -0.445. The van der Waals surface area contributed by atoms with Crippen LogP contribution in [0.3, 0.4) is 0 Å². The second-order valence-electron chi connectivity index (χ2n) is 4.02. The maximum Gasteiger partial charge on any atom is 0.297 e. The van der Waals surface area contributed by atoms with Crippen molar-refractivity contribution in [3.63, 3.8) is 0 Å². The first kappa shape index (κ1) is 11.3. The maximum absolute atomic E-state index is 10.9. The van der Waals surface area contributed by atoms with Gasteiger partial charge in [-0.05, 0) is 6.07 Å². The summed E-state index contributed by atoms with van der Waals surface area (Å²) in [6, 6.07) is 14.4. The van der Waals surface area contributed by atoms with Crippen LogP contribution in [0.2, 0.25) is 0 Å². The fourth-order valence-electron chi connectivity index (χ4n) is 1.92. The second kappa shape index (κ2) is 4.45. The van der Waals surface area contributed by atoms with Crippen molar-refractivity contribution in [1.82, 2.24) is 9.97 Å². The molecule has 0 saturated carbocycles. The molecule has 0 amide bonds. The monoisotopic (exact) mass is 251 g/mol. The van der Waals surface area contributed by atoms with E-state index in [1.807, 2.05) is 30.3 Å². The molecule has 1 heterocycles. The molecule has 19 heavy (non-hydrogen) atoms. The van der Waals surface area contributed by atoms with E-state index in [2.05, 4.69) is 9.97 Å². The molecule has 0 aliphatic rings. The van der Waals surface area contributed by atoms with Gasteiger partial charge in [-0.3, -0.25) is 10.1 Å². The van der Waals surface area contributed by atoms with Crippen LogP contribution < -0.4 is 0 Å². The molecular weight excluding hydrogens is 242 g/mol. The molecule has 0 spiro atoms. The lowest BCUT2D eigenvalue weighted by Crippen LogP contribution is -1.94. The molecule has 0 bridgehead atoms. The minimum Gasteiger partial charge on any atom is -0.258 e. The van der Waals surface area contributed by atoms with Crippen molar-refractivity contribution in [2.45, 2.75) is 0 Å². The highest BCUT2D eigenvalue weighted by atomic mass is 16.6. The third kappa shape index (κ3) is 2.01. The lowest BCUT2D eigenvalue weighted by molar-refractivity contribution is -0.383. The summed E-state index contributed by atoms with van der Waals surface area (Å²) in [5.74, 6) is 0.